The molecule has 3 aromatic rings. The summed E-state index contributed by atoms with van der Waals surface area (Å²) in [6.07, 6.45) is 11.6. The summed E-state index contributed by atoms with van der Waals surface area (Å²) in [6.45, 7) is 16.2. The zero-order chi connectivity index (χ0) is 27.6. The van der Waals surface area contributed by atoms with Crippen LogP contribution < -0.4 is 10.6 Å². The molecule has 210 valence electrons. The van der Waals surface area contributed by atoms with Gasteiger partial charge in [-0.3, -0.25) is 9.48 Å². The van der Waals surface area contributed by atoms with E-state index in [0.29, 0.717) is 25.1 Å². The van der Waals surface area contributed by atoms with Gasteiger partial charge in [0.1, 0.15) is 18.2 Å². The molecule has 0 aromatic carbocycles. The smallest absolute Gasteiger partial charge is 0.246 e. The van der Waals surface area contributed by atoms with E-state index in [4.69, 9.17) is 14.7 Å². The van der Waals surface area contributed by atoms with Gasteiger partial charge in [0.2, 0.25) is 11.9 Å². The number of aryl methyl sites for hydroxylation is 1. The Morgan fingerprint density at radius 3 is 2.74 bits per heavy atom. The lowest BCUT2D eigenvalue weighted by Crippen LogP contribution is -2.44. The van der Waals surface area contributed by atoms with Crippen molar-refractivity contribution in [2.24, 2.45) is 0 Å². The Balaban J connectivity index is 1.49. The maximum atomic E-state index is 12.3. The topological polar surface area (TPSA) is 102 Å². The molecule has 1 atom stereocenters. The van der Waals surface area contributed by atoms with Crippen LogP contribution in [-0.4, -0.2) is 68.9 Å². The van der Waals surface area contributed by atoms with Gasteiger partial charge >= 0.3 is 0 Å². The van der Waals surface area contributed by atoms with E-state index in [0.717, 1.165) is 61.1 Å². The minimum Gasteiger partial charge on any atom is -0.365 e. The van der Waals surface area contributed by atoms with Crippen LogP contribution in [0.5, 0.6) is 0 Å². The highest BCUT2D eigenvalue weighted by Gasteiger charge is 2.31. The van der Waals surface area contributed by atoms with E-state index in [1.807, 2.05) is 15.8 Å². The van der Waals surface area contributed by atoms with E-state index in [9.17, 15) is 4.79 Å². The summed E-state index contributed by atoms with van der Waals surface area (Å²) in [5.41, 5.74) is 2.98. The first-order valence-electron chi connectivity index (χ1n) is 14.2. The van der Waals surface area contributed by atoms with E-state index in [1.165, 1.54) is 24.5 Å². The average Bonchev–Trinajstić information content (AvgIpc) is 3.55. The molecule has 2 fully saturated rings. The Morgan fingerprint density at radius 1 is 1.23 bits per heavy atom. The number of anilines is 3. The monoisotopic (exact) mass is 550 g/mol. The molecule has 1 saturated carbocycles. The van der Waals surface area contributed by atoms with Crippen molar-refractivity contribution in [1.29, 1.82) is 0 Å². The number of carbonyl (C=O) groups is 1. The van der Waals surface area contributed by atoms with Crippen LogP contribution in [0.25, 0.3) is 11.0 Å². The molecule has 2 aliphatic rings. The summed E-state index contributed by atoms with van der Waals surface area (Å²) >= 11 is 0. The van der Waals surface area contributed by atoms with Gasteiger partial charge in [0.25, 0.3) is 0 Å². The number of nitrogens with zero attached hydrogens (tertiary/aromatic N) is 6. The Hall–Kier alpha value is -3.18. The van der Waals surface area contributed by atoms with Crippen LogP contribution in [0.1, 0.15) is 44.1 Å². The highest BCUT2D eigenvalue weighted by molar-refractivity contribution is 6.76. The summed E-state index contributed by atoms with van der Waals surface area (Å²) in [5.74, 6) is 1.82. The lowest BCUT2D eigenvalue weighted by molar-refractivity contribution is -0.127. The van der Waals surface area contributed by atoms with Gasteiger partial charge in [0.05, 0.1) is 17.3 Å². The van der Waals surface area contributed by atoms with Gasteiger partial charge in [0.15, 0.2) is 0 Å². The third-order valence-corrected chi connectivity index (χ3v) is 9.16. The molecule has 5 rings (SSSR count). The molecule has 1 amide bonds. The lowest BCUT2D eigenvalue weighted by Gasteiger charge is -2.33. The SMILES string of the molecule is C=CC(=O)N1CCC[C@@H](Nc2nc(Nc3cnn(CC)c3)nc3c2c(C2CC2)cn3COCC[Si](C)(C)C)C1. The highest BCUT2D eigenvalue weighted by atomic mass is 28.3. The van der Waals surface area contributed by atoms with Crippen LogP contribution >= 0.6 is 0 Å². The second-order valence-corrected chi connectivity index (χ2v) is 17.6. The van der Waals surface area contributed by atoms with Crippen LogP contribution in [-0.2, 0) is 22.8 Å². The minimum absolute atomic E-state index is 0.0232. The van der Waals surface area contributed by atoms with E-state index < -0.39 is 8.07 Å². The zero-order valence-electron chi connectivity index (χ0n) is 23.7. The van der Waals surface area contributed by atoms with Crippen molar-refractivity contribution in [3.63, 3.8) is 0 Å². The molecule has 1 aliphatic carbocycles. The van der Waals surface area contributed by atoms with E-state index >= 15 is 0 Å². The molecule has 1 saturated heterocycles. The van der Waals surface area contributed by atoms with Gasteiger partial charge in [-0.05, 0) is 56.2 Å². The first-order valence-corrected chi connectivity index (χ1v) is 17.9. The minimum atomic E-state index is -1.18. The highest BCUT2D eigenvalue weighted by Crippen LogP contribution is 2.45. The van der Waals surface area contributed by atoms with Crippen molar-refractivity contribution in [1.82, 2.24) is 29.2 Å². The number of nitrogens with one attached hydrogen (secondary N) is 2. The maximum Gasteiger partial charge on any atom is 0.246 e. The summed E-state index contributed by atoms with van der Waals surface area (Å²) < 4.78 is 10.2. The Labute approximate surface area is 231 Å². The fourth-order valence-electron chi connectivity index (χ4n) is 5.07. The molecule has 11 heteroatoms. The normalized spacial score (nSPS) is 17.9. The fourth-order valence-corrected chi connectivity index (χ4v) is 5.82. The van der Waals surface area contributed by atoms with Gasteiger partial charge in [-0.1, -0.05) is 26.2 Å². The molecule has 0 spiro atoms. The third kappa shape index (κ3) is 6.70. The van der Waals surface area contributed by atoms with Crippen LogP contribution in [0.4, 0.5) is 17.5 Å². The Kier molecular flexibility index (Phi) is 8.08. The molecular weight excluding hydrogens is 508 g/mol. The summed E-state index contributed by atoms with van der Waals surface area (Å²) in [5, 5.41) is 12.5. The Morgan fingerprint density at radius 2 is 2.05 bits per heavy atom. The predicted octanol–water partition coefficient (Wildman–Crippen LogP) is 5.17. The van der Waals surface area contributed by atoms with Gasteiger partial charge < -0.3 is 24.8 Å². The van der Waals surface area contributed by atoms with Gasteiger partial charge in [-0.15, -0.1) is 0 Å². The van der Waals surface area contributed by atoms with Crippen molar-refractivity contribution in [2.45, 2.75) is 83.5 Å². The van der Waals surface area contributed by atoms with Crippen LogP contribution in [0, 0.1) is 0 Å². The summed E-state index contributed by atoms with van der Waals surface area (Å²) in [4.78, 5) is 24.2. The molecule has 0 radical (unpaired) electrons. The summed E-state index contributed by atoms with van der Waals surface area (Å²) in [6, 6.07) is 1.22. The van der Waals surface area contributed by atoms with Crippen molar-refractivity contribution in [3.05, 3.63) is 36.8 Å². The van der Waals surface area contributed by atoms with Crippen LogP contribution in [0.2, 0.25) is 25.7 Å². The summed E-state index contributed by atoms with van der Waals surface area (Å²) in [7, 11) is -1.18. The van der Waals surface area contributed by atoms with Gasteiger partial charge in [-0.25, -0.2) is 0 Å². The van der Waals surface area contributed by atoms with Crippen molar-refractivity contribution < 1.29 is 9.53 Å². The zero-order valence-corrected chi connectivity index (χ0v) is 24.7. The van der Waals surface area contributed by atoms with Crippen molar-refractivity contribution >= 4 is 42.5 Å². The quantitative estimate of drug-likeness (QED) is 0.182. The average molecular weight is 551 g/mol. The standard InChI is InChI=1S/C28H42N8O2Si/c1-6-24(37)34-12-8-9-21(16-34)30-26-25-23(20-10-11-20)18-35(19-38-13-14-39(3,4)5)27(25)33-28(32-26)31-22-15-29-36(7-2)17-22/h6,15,17-18,20-21H,1,7-14,16,19H2,2-5H3,(H2,30,31,32,33)/t21-/m1/s1. The van der Waals surface area contributed by atoms with E-state index in [1.54, 1.807) is 6.20 Å². The number of piperidine rings is 1. The number of hydrogen-bond acceptors (Lipinski definition) is 7. The predicted molar refractivity (Wildman–Crippen MR) is 158 cm³/mol. The molecule has 2 N–H and O–H groups in total. The molecule has 4 heterocycles. The second-order valence-electron chi connectivity index (χ2n) is 12.0. The molecule has 39 heavy (non-hydrogen) atoms. The first kappa shape index (κ1) is 27.4. The Bertz CT molecular complexity index is 1320. The van der Waals surface area contributed by atoms with Crippen molar-refractivity contribution in [2.75, 3.05) is 30.3 Å². The number of hydrogen-bond donors (Lipinski definition) is 2. The largest absolute Gasteiger partial charge is 0.365 e. The number of aromatic nitrogens is 5. The van der Waals surface area contributed by atoms with E-state index in [-0.39, 0.29) is 11.9 Å². The third-order valence-electron chi connectivity index (χ3n) is 7.45. The molecule has 3 aromatic heterocycles. The number of rotatable bonds is 12. The number of amides is 1. The lowest BCUT2D eigenvalue weighted by atomic mass is 10.0. The first-order chi connectivity index (χ1) is 18.7. The molecule has 0 unspecified atom stereocenters. The number of likely N-dealkylation sites (tertiary alicyclic amines) is 1. The van der Waals surface area contributed by atoms with Gasteiger partial charge in [0, 0.05) is 52.8 Å². The number of fused-ring (bicyclic) bond motifs is 1. The number of carbonyl (C=O) groups excluding carboxylic acids is 1. The van der Waals surface area contributed by atoms with E-state index in [2.05, 4.69) is 59.6 Å². The van der Waals surface area contributed by atoms with Crippen LogP contribution in [0.15, 0.2) is 31.2 Å². The number of ether oxygens (including phenoxy) is 1. The second kappa shape index (κ2) is 11.5. The molecular formula is C28H42N8O2Si. The van der Waals surface area contributed by atoms with Crippen molar-refractivity contribution in [3.8, 4) is 0 Å². The molecule has 10 nitrogen and oxygen atoms in total. The maximum absolute atomic E-state index is 12.3. The van der Waals surface area contributed by atoms with Crippen LogP contribution in [0.3, 0.4) is 0 Å². The molecule has 0 bridgehead atoms. The van der Waals surface area contributed by atoms with Gasteiger partial charge in [-0.2, -0.15) is 15.1 Å². The molecule has 1 aliphatic heterocycles. The fraction of sp³-hybridized carbons (Fsp3) is 0.571.